The summed E-state index contributed by atoms with van der Waals surface area (Å²) in [7, 11) is 1.82. The summed E-state index contributed by atoms with van der Waals surface area (Å²) in [4.78, 5) is 4.36. The molecule has 0 atom stereocenters. The molecule has 0 saturated heterocycles. The van der Waals surface area contributed by atoms with Gasteiger partial charge in [-0.05, 0) is 13.0 Å². The number of allylic oxidation sites excluding steroid dienone is 5. The molecule has 2 nitrogen and oxygen atoms in total. The number of rotatable bonds is 4. The average molecular weight is 303 g/mol. The molecule has 1 rings (SSSR count). The van der Waals surface area contributed by atoms with Crippen molar-refractivity contribution in [2.45, 2.75) is 6.92 Å². The molecule has 16 heavy (non-hydrogen) atoms. The molecule has 0 fully saturated rings. The molecule has 0 saturated carbocycles. The van der Waals surface area contributed by atoms with Crippen molar-refractivity contribution in [2.24, 2.45) is 0 Å². The van der Waals surface area contributed by atoms with Crippen LogP contribution in [0.2, 0.25) is 0 Å². The molecule has 0 unspecified atom stereocenters. The van der Waals surface area contributed by atoms with Gasteiger partial charge in [0, 0.05) is 22.5 Å². The lowest BCUT2D eigenvalue weighted by Gasteiger charge is -1.99. The van der Waals surface area contributed by atoms with Gasteiger partial charge in [-0.15, -0.1) is 11.3 Å². The minimum atomic E-state index is 0.499. The zero-order valence-electron chi connectivity index (χ0n) is 9.00. The molecule has 1 aromatic heterocycles. The summed E-state index contributed by atoms with van der Waals surface area (Å²) in [5.74, 6) is 0. The third-order valence-corrected chi connectivity index (χ3v) is 3.35. The van der Waals surface area contributed by atoms with E-state index in [1.165, 1.54) is 17.4 Å². The van der Waals surface area contributed by atoms with Crippen LogP contribution >= 0.6 is 27.3 Å². The Balaban J connectivity index is 3.16. The molecular weight excluding hydrogens is 291 g/mol. The Bertz CT molecular complexity index is 435. The Hall–Kier alpha value is -0.940. The molecule has 0 spiro atoms. The summed E-state index contributed by atoms with van der Waals surface area (Å²) in [5, 5.41) is 5.73. The van der Waals surface area contributed by atoms with Crippen LogP contribution in [0.15, 0.2) is 34.4 Å². The molecule has 0 aliphatic rings. The third-order valence-electron chi connectivity index (χ3n) is 1.79. The number of halogens is 2. The van der Waals surface area contributed by atoms with Crippen molar-refractivity contribution in [3.05, 3.63) is 40.1 Å². The molecule has 5 heteroatoms. The first-order valence-electron chi connectivity index (χ1n) is 4.65. The summed E-state index contributed by atoms with van der Waals surface area (Å²) in [5.41, 5.74) is 1.67. The van der Waals surface area contributed by atoms with Crippen molar-refractivity contribution in [1.29, 1.82) is 0 Å². The molecule has 0 bridgehead atoms. The van der Waals surface area contributed by atoms with E-state index in [4.69, 9.17) is 0 Å². The number of nitrogens with one attached hydrogen (secondary N) is 1. The van der Waals surface area contributed by atoms with E-state index in [9.17, 15) is 4.39 Å². The van der Waals surface area contributed by atoms with E-state index >= 15 is 0 Å². The molecule has 0 amide bonds. The monoisotopic (exact) mass is 302 g/mol. The van der Waals surface area contributed by atoms with Gasteiger partial charge in [0.1, 0.15) is 0 Å². The summed E-state index contributed by atoms with van der Waals surface area (Å²) in [6.07, 6.45) is 5.63. The van der Waals surface area contributed by atoms with Gasteiger partial charge < -0.3 is 5.32 Å². The Morgan fingerprint density at radius 3 is 2.81 bits per heavy atom. The van der Waals surface area contributed by atoms with Gasteiger partial charge in [0.05, 0.1) is 12.0 Å². The summed E-state index contributed by atoms with van der Waals surface area (Å²) in [6, 6.07) is 0. The van der Waals surface area contributed by atoms with Gasteiger partial charge >= 0.3 is 0 Å². The minimum absolute atomic E-state index is 0.499. The lowest BCUT2D eigenvalue weighted by atomic mass is 10.2. The van der Waals surface area contributed by atoms with E-state index in [1.807, 2.05) is 31.5 Å². The predicted octanol–water partition coefficient (Wildman–Crippen LogP) is 4.35. The van der Waals surface area contributed by atoms with Gasteiger partial charge in [-0.3, -0.25) is 0 Å². The summed E-state index contributed by atoms with van der Waals surface area (Å²) < 4.78 is 12.8. The van der Waals surface area contributed by atoms with Crippen molar-refractivity contribution in [3.63, 3.8) is 0 Å². The van der Waals surface area contributed by atoms with Gasteiger partial charge in [0.15, 0.2) is 5.13 Å². The maximum atomic E-state index is 12.1. The van der Waals surface area contributed by atoms with Gasteiger partial charge in [-0.1, -0.05) is 28.1 Å². The van der Waals surface area contributed by atoms with Crippen molar-refractivity contribution in [1.82, 2.24) is 4.98 Å². The fraction of sp³-hybridized carbons (Fsp3) is 0.182. The number of hydrogen-bond donors (Lipinski definition) is 1. The van der Waals surface area contributed by atoms with E-state index in [1.54, 1.807) is 0 Å². The smallest absolute Gasteiger partial charge is 0.182 e. The van der Waals surface area contributed by atoms with Crippen LogP contribution in [0.4, 0.5) is 9.52 Å². The van der Waals surface area contributed by atoms with Crippen LogP contribution in [0.25, 0.3) is 5.57 Å². The highest BCUT2D eigenvalue weighted by Crippen LogP contribution is 2.28. The number of aromatic nitrogens is 1. The van der Waals surface area contributed by atoms with Crippen LogP contribution in [-0.4, -0.2) is 12.0 Å². The molecule has 0 aromatic carbocycles. The molecule has 1 heterocycles. The van der Waals surface area contributed by atoms with Gasteiger partial charge in [-0.2, -0.15) is 0 Å². The molecule has 0 aliphatic carbocycles. The van der Waals surface area contributed by atoms with Crippen LogP contribution in [-0.2, 0) is 0 Å². The molecule has 0 radical (unpaired) electrons. The van der Waals surface area contributed by atoms with Crippen molar-refractivity contribution >= 4 is 38.0 Å². The van der Waals surface area contributed by atoms with E-state index in [2.05, 4.69) is 26.2 Å². The van der Waals surface area contributed by atoms with Gasteiger partial charge in [0.25, 0.3) is 0 Å². The summed E-state index contributed by atoms with van der Waals surface area (Å²) >= 11 is 4.83. The molecule has 1 aromatic rings. The van der Waals surface area contributed by atoms with Crippen LogP contribution in [0.1, 0.15) is 12.6 Å². The van der Waals surface area contributed by atoms with E-state index in [0.717, 1.165) is 16.4 Å². The fourth-order valence-electron chi connectivity index (χ4n) is 1.11. The molecular formula is C11H12BrFN2S. The highest BCUT2D eigenvalue weighted by atomic mass is 79.9. The standard InChI is InChI=1S/C11H12BrFN2S/c1-3-4-8(9(12)5-6-13)10-7-16-11(14-2)15-10/h3-7H,1-2H3,(H,14,15)/b4-3-,6-5+,9-8-. The van der Waals surface area contributed by atoms with E-state index in [-0.39, 0.29) is 0 Å². The second-order valence-electron chi connectivity index (χ2n) is 2.84. The lowest BCUT2D eigenvalue weighted by Crippen LogP contribution is -1.88. The Morgan fingerprint density at radius 2 is 2.31 bits per heavy atom. The molecule has 86 valence electrons. The van der Waals surface area contributed by atoms with E-state index in [0.29, 0.717) is 10.8 Å². The minimum Gasteiger partial charge on any atom is -0.365 e. The average Bonchev–Trinajstić information content (AvgIpc) is 2.74. The first kappa shape index (κ1) is 13.1. The predicted molar refractivity (Wildman–Crippen MR) is 72.6 cm³/mol. The first-order valence-corrected chi connectivity index (χ1v) is 6.33. The Kier molecular flexibility index (Phi) is 5.42. The van der Waals surface area contributed by atoms with Crippen LogP contribution in [0, 0.1) is 0 Å². The third kappa shape index (κ3) is 3.28. The highest BCUT2D eigenvalue weighted by Gasteiger charge is 2.07. The highest BCUT2D eigenvalue weighted by molar-refractivity contribution is 9.12. The van der Waals surface area contributed by atoms with Crippen molar-refractivity contribution in [3.8, 4) is 0 Å². The lowest BCUT2D eigenvalue weighted by molar-refractivity contribution is 0.721. The molecule has 1 N–H and O–H groups in total. The van der Waals surface area contributed by atoms with Crippen molar-refractivity contribution < 1.29 is 4.39 Å². The Labute approximate surface area is 107 Å². The summed E-state index contributed by atoms with van der Waals surface area (Å²) in [6.45, 7) is 1.91. The first-order chi connectivity index (χ1) is 7.72. The van der Waals surface area contributed by atoms with Crippen LogP contribution < -0.4 is 5.32 Å². The SMILES string of the molecule is C\C=C/C(=C(Br)\C=C\F)c1csc(NC)n1. The quantitative estimate of drug-likeness (QED) is 0.836. The number of anilines is 1. The second kappa shape index (κ2) is 6.60. The van der Waals surface area contributed by atoms with Gasteiger partial charge in [-0.25, -0.2) is 9.37 Å². The second-order valence-corrected chi connectivity index (χ2v) is 4.55. The normalized spacial score (nSPS) is 13.5. The largest absolute Gasteiger partial charge is 0.365 e. The van der Waals surface area contributed by atoms with E-state index < -0.39 is 0 Å². The topological polar surface area (TPSA) is 24.9 Å². The number of hydrogen-bond acceptors (Lipinski definition) is 3. The van der Waals surface area contributed by atoms with Crippen LogP contribution in [0.5, 0.6) is 0 Å². The Morgan fingerprint density at radius 1 is 1.56 bits per heavy atom. The molecule has 0 aliphatic heterocycles. The zero-order chi connectivity index (χ0) is 12.0. The van der Waals surface area contributed by atoms with Gasteiger partial charge in [0.2, 0.25) is 0 Å². The number of thiazole rings is 1. The maximum Gasteiger partial charge on any atom is 0.182 e. The zero-order valence-corrected chi connectivity index (χ0v) is 11.4. The fourth-order valence-corrected chi connectivity index (χ4v) is 2.22. The van der Waals surface area contributed by atoms with Crippen LogP contribution in [0.3, 0.4) is 0 Å². The maximum absolute atomic E-state index is 12.1. The number of nitrogens with zero attached hydrogens (tertiary/aromatic N) is 1. The van der Waals surface area contributed by atoms with Crippen molar-refractivity contribution in [2.75, 3.05) is 12.4 Å².